The van der Waals surface area contributed by atoms with Crippen molar-refractivity contribution in [2.24, 2.45) is 10.7 Å². The van der Waals surface area contributed by atoms with Gasteiger partial charge in [0.15, 0.2) is 5.96 Å². The van der Waals surface area contributed by atoms with E-state index in [9.17, 15) is 13.2 Å². The van der Waals surface area contributed by atoms with Crippen LogP contribution >= 0.6 is 24.0 Å². The second-order valence-electron chi connectivity index (χ2n) is 5.14. The zero-order valence-corrected chi connectivity index (χ0v) is 15.5. The van der Waals surface area contributed by atoms with Crippen molar-refractivity contribution in [3.8, 4) is 0 Å². The number of guanidine groups is 1. The Morgan fingerprint density at radius 1 is 1.26 bits per heavy atom. The number of halogens is 4. The molecule has 0 saturated carbocycles. The minimum absolute atomic E-state index is 0. The number of nitrogens with two attached hydrogens (primary N) is 1. The smallest absolute Gasteiger partial charge is 0.370 e. The van der Waals surface area contributed by atoms with Gasteiger partial charge in [-0.05, 0) is 32.0 Å². The first-order valence-corrected chi connectivity index (χ1v) is 7.20. The highest BCUT2D eigenvalue weighted by Crippen LogP contribution is 2.15. The van der Waals surface area contributed by atoms with Crippen molar-refractivity contribution in [1.82, 2.24) is 10.2 Å². The molecule has 0 spiro atoms. The van der Waals surface area contributed by atoms with Gasteiger partial charge in [0.2, 0.25) is 0 Å². The number of alkyl halides is 3. The quantitative estimate of drug-likeness (QED) is 0.281. The minimum Gasteiger partial charge on any atom is -0.370 e. The Morgan fingerprint density at radius 3 is 2.52 bits per heavy atom. The molecule has 0 aliphatic rings. The van der Waals surface area contributed by atoms with Crippen LogP contribution in [0.4, 0.5) is 13.2 Å². The van der Waals surface area contributed by atoms with Crippen molar-refractivity contribution in [2.45, 2.75) is 19.0 Å². The van der Waals surface area contributed by atoms with E-state index in [-0.39, 0.29) is 24.0 Å². The van der Waals surface area contributed by atoms with Crippen molar-refractivity contribution in [2.75, 3.05) is 33.2 Å². The van der Waals surface area contributed by atoms with Crippen LogP contribution in [-0.2, 0) is 6.42 Å². The van der Waals surface area contributed by atoms with E-state index in [1.807, 2.05) is 30.3 Å². The molecule has 0 fully saturated rings. The summed E-state index contributed by atoms with van der Waals surface area (Å²) in [6.45, 7) is 0.515. The minimum atomic E-state index is -4.16. The molecular weight excluding hydrogens is 420 g/mol. The number of benzene rings is 1. The average molecular weight is 444 g/mol. The third kappa shape index (κ3) is 12.1. The van der Waals surface area contributed by atoms with Crippen molar-refractivity contribution in [3.05, 3.63) is 35.9 Å². The van der Waals surface area contributed by atoms with E-state index in [1.165, 1.54) is 17.5 Å². The standard InChI is InChI=1S/C15H23F3N4.HI/c1-22(12-15(16,17)18)11-5-9-20-14(19)21-10-8-13-6-3-2-4-7-13;/h2-4,6-7H,5,8-12H2,1H3,(H3,19,20,21);1H. The van der Waals surface area contributed by atoms with Crippen molar-refractivity contribution in [1.29, 1.82) is 0 Å². The Labute approximate surface area is 152 Å². The van der Waals surface area contributed by atoms with Gasteiger partial charge < -0.3 is 11.1 Å². The maximum atomic E-state index is 12.1. The van der Waals surface area contributed by atoms with Gasteiger partial charge in [-0.25, -0.2) is 0 Å². The van der Waals surface area contributed by atoms with Gasteiger partial charge in [0.05, 0.1) is 6.54 Å². The molecule has 0 amide bonds. The van der Waals surface area contributed by atoms with E-state index in [0.29, 0.717) is 32.0 Å². The van der Waals surface area contributed by atoms with Crippen molar-refractivity contribution >= 4 is 29.9 Å². The molecule has 4 nitrogen and oxygen atoms in total. The summed E-state index contributed by atoms with van der Waals surface area (Å²) in [5, 5.41) is 2.99. The van der Waals surface area contributed by atoms with Crippen LogP contribution in [0.25, 0.3) is 0 Å². The van der Waals surface area contributed by atoms with Crippen LogP contribution in [-0.4, -0.2) is 50.3 Å². The first kappa shape index (κ1) is 22.0. The summed E-state index contributed by atoms with van der Waals surface area (Å²) in [4.78, 5) is 5.33. The molecule has 0 unspecified atom stereocenters. The van der Waals surface area contributed by atoms with Gasteiger partial charge in [0.1, 0.15) is 0 Å². The molecule has 1 aromatic carbocycles. The molecule has 8 heteroatoms. The summed E-state index contributed by atoms with van der Waals surface area (Å²) in [6.07, 6.45) is -2.78. The molecule has 1 aromatic rings. The number of nitrogens with one attached hydrogen (secondary N) is 1. The highest BCUT2D eigenvalue weighted by atomic mass is 127. The fourth-order valence-electron chi connectivity index (χ4n) is 1.96. The number of nitrogens with zero attached hydrogens (tertiary/aromatic N) is 2. The van der Waals surface area contributed by atoms with Gasteiger partial charge in [-0.15, -0.1) is 24.0 Å². The van der Waals surface area contributed by atoms with Crippen LogP contribution in [0.5, 0.6) is 0 Å². The van der Waals surface area contributed by atoms with E-state index >= 15 is 0 Å². The highest BCUT2D eigenvalue weighted by Gasteiger charge is 2.28. The van der Waals surface area contributed by atoms with Crippen molar-refractivity contribution < 1.29 is 13.2 Å². The first-order valence-electron chi connectivity index (χ1n) is 7.20. The Hall–Kier alpha value is -1.03. The molecular formula is C15H24F3IN4. The Bertz CT molecular complexity index is 452. The molecule has 0 bridgehead atoms. The predicted octanol–water partition coefficient (Wildman–Crippen LogP) is 2.64. The molecule has 0 aliphatic carbocycles. The maximum absolute atomic E-state index is 12.1. The molecule has 23 heavy (non-hydrogen) atoms. The van der Waals surface area contributed by atoms with Gasteiger partial charge in [-0.3, -0.25) is 9.89 Å². The monoisotopic (exact) mass is 444 g/mol. The molecule has 3 N–H and O–H groups in total. The lowest BCUT2D eigenvalue weighted by Crippen LogP contribution is -2.34. The van der Waals surface area contributed by atoms with E-state index in [2.05, 4.69) is 10.3 Å². The molecule has 0 aromatic heterocycles. The van der Waals surface area contributed by atoms with Gasteiger partial charge in [-0.1, -0.05) is 30.3 Å². The topological polar surface area (TPSA) is 53.6 Å². The predicted molar refractivity (Wildman–Crippen MR) is 98.2 cm³/mol. The number of hydrogen-bond acceptors (Lipinski definition) is 2. The fraction of sp³-hybridized carbons (Fsp3) is 0.533. The fourth-order valence-corrected chi connectivity index (χ4v) is 1.96. The maximum Gasteiger partial charge on any atom is 0.401 e. The van der Waals surface area contributed by atoms with Crippen LogP contribution < -0.4 is 11.1 Å². The first-order chi connectivity index (χ1) is 10.4. The van der Waals surface area contributed by atoms with E-state index < -0.39 is 12.7 Å². The molecule has 0 saturated heterocycles. The summed E-state index contributed by atoms with van der Waals surface area (Å²) in [5.74, 6) is 0.328. The molecule has 0 atom stereocenters. The lowest BCUT2D eigenvalue weighted by atomic mass is 10.1. The summed E-state index contributed by atoms with van der Waals surface area (Å²) in [7, 11) is 1.44. The summed E-state index contributed by atoms with van der Waals surface area (Å²) in [6, 6.07) is 9.98. The molecule has 0 radical (unpaired) electrons. The molecule has 132 valence electrons. The summed E-state index contributed by atoms with van der Waals surface area (Å²) in [5.41, 5.74) is 6.91. The number of aliphatic imine (C=N–C) groups is 1. The van der Waals surface area contributed by atoms with E-state index in [4.69, 9.17) is 5.73 Å². The summed E-state index contributed by atoms with van der Waals surface area (Å²) < 4.78 is 36.4. The highest BCUT2D eigenvalue weighted by molar-refractivity contribution is 14.0. The zero-order chi connectivity index (χ0) is 16.4. The summed E-state index contributed by atoms with van der Waals surface area (Å²) >= 11 is 0. The molecule has 0 heterocycles. The van der Waals surface area contributed by atoms with Crippen LogP contribution in [0.15, 0.2) is 35.3 Å². The third-order valence-corrected chi connectivity index (χ3v) is 2.99. The lowest BCUT2D eigenvalue weighted by molar-refractivity contribution is -0.143. The van der Waals surface area contributed by atoms with Crippen molar-refractivity contribution in [3.63, 3.8) is 0 Å². The largest absolute Gasteiger partial charge is 0.401 e. The average Bonchev–Trinajstić information content (AvgIpc) is 2.43. The Kier molecular flexibility index (Phi) is 11.0. The van der Waals surface area contributed by atoms with Gasteiger partial charge in [0.25, 0.3) is 0 Å². The second-order valence-corrected chi connectivity index (χ2v) is 5.14. The zero-order valence-electron chi connectivity index (χ0n) is 13.1. The van der Waals surface area contributed by atoms with Gasteiger partial charge in [0, 0.05) is 13.1 Å². The number of hydrogen-bond donors (Lipinski definition) is 2. The van der Waals surface area contributed by atoms with Crippen LogP contribution in [0.2, 0.25) is 0 Å². The van der Waals surface area contributed by atoms with E-state index in [1.54, 1.807) is 0 Å². The molecule has 1 rings (SSSR count). The normalized spacial score (nSPS) is 12.1. The molecule has 0 aliphatic heterocycles. The second kappa shape index (κ2) is 11.5. The van der Waals surface area contributed by atoms with Crippen LogP contribution in [0.1, 0.15) is 12.0 Å². The Balaban J connectivity index is 0.00000484. The number of rotatable bonds is 8. The van der Waals surface area contributed by atoms with Gasteiger partial charge in [-0.2, -0.15) is 13.2 Å². The van der Waals surface area contributed by atoms with E-state index in [0.717, 1.165) is 6.42 Å². The van der Waals surface area contributed by atoms with Crippen LogP contribution in [0.3, 0.4) is 0 Å². The third-order valence-electron chi connectivity index (χ3n) is 2.99. The SMILES string of the molecule is CN(CCCN=C(N)NCCc1ccccc1)CC(F)(F)F.I. The van der Waals surface area contributed by atoms with Crippen LogP contribution in [0, 0.1) is 0 Å². The van der Waals surface area contributed by atoms with Gasteiger partial charge >= 0.3 is 6.18 Å². The lowest BCUT2D eigenvalue weighted by Gasteiger charge is -2.17. The Morgan fingerprint density at radius 2 is 1.91 bits per heavy atom.